The number of hydrogen-bond acceptors (Lipinski definition) is 1. The first-order valence-corrected chi connectivity index (χ1v) is 19.4. The van der Waals surface area contributed by atoms with Gasteiger partial charge in [-0.15, -0.1) is 0 Å². The molecule has 1 spiro atoms. The first kappa shape index (κ1) is 31.8. The van der Waals surface area contributed by atoms with E-state index in [2.05, 4.69) is 218 Å². The zero-order valence-corrected chi connectivity index (χ0v) is 31.3. The van der Waals surface area contributed by atoms with E-state index in [0.29, 0.717) is 0 Å². The van der Waals surface area contributed by atoms with E-state index in [1.165, 1.54) is 77.6 Å². The summed E-state index contributed by atoms with van der Waals surface area (Å²) in [6.45, 7) is 6.90. The van der Waals surface area contributed by atoms with Gasteiger partial charge in [-0.2, -0.15) is 0 Å². The average molecular weight is 705 g/mol. The van der Waals surface area contributed by atoms with Crippen molar-refractivity contribution < 1.29 is 0 Å². The maximum atomic E-state index is 2.48. The van der Waals surface area contributed by atoms with E-state index in [1.807, 2.05) is 0 Å². The number of para-hydroxylation sites is 2. The highest BCUT2D eigenvalue weighted by Gasteiger charge is 2.51. The van der Waals surface area contributed by atoms with E-state index in [4.69, 9.17) is 0 Å². The molecular weight excluding hydrogens is 665 g/mol. The lowest BCUT2D eigenvalue weighted by Crippen LogP contribution is -2.26. The van der Waals surface area contributed by atoms with Crippen LogP contribution in [0.2, 0.25) is 0 Å². The van der Waals surface area contributed by atoms with Crippen molar-refractivity contribution in [1.29, 1.82) is 0 Å². The summed E-state index contributed by atoms with van der Waals surface area (Å²) < 4.78 is 2.42. The van der Waals surface area contributed by atoms with Crippen molar-refractivity contribution in [2.75, 3.05) is 4.90 Å². The van der Waals surface area contributed by atoms with Gasteiger partial charge < -0.3 is 9.47 Å². The molecule has 1 aromatic heterocycles. The quantitative estimate of drug-likeness (QED) is 0.177. The Balaban J connectivity index is 1.18. The second kappa shape index (κ2) is 11.7. The molecule has 2 heteroatoms. The van der Waals surface area contributed by atoms with Gasteiger partial charge in [0.2, 0.25) is 0 Å². The molecule has 262 valence electrons. The van der Waals surface area contributed by atoms with Gasteiger partial charge in [-0.25, -0.2) is 0 Å². The molecule has 2 aliphatic rings. The Morgan fingerprint density at radius 2 is 0.873 bits per heavy atom. The van der Waals surface area contributed by atoms with Crippen LogP contribution in [0, 0.1) is 0 Å². The highest BCUT2D eigenvalue weighted by atomic mass is 15.1. The van der Waals surface area contributed by atoms with Gasteiger partial charge in [-0.3, -0.25) is 0 Å². The summed E-state index contributed by atoms with van der Waals surface area (Å²) in [5, 5.41) is 2.51. The van der Waals surface area contributed by atoms with Gasteiger partial charge in [-0.05, 0) is 122 Å². The number of fused-ring (bicyclic) bond motifs is 13. The number of aromatic nitrogens is 1. The Kier molecular flexibility index (Phi) is 6.76. The van der Waals surface area contributed by atoms with Crippen LogP contribution in [0.4, 0.5) is 17.1 Å². The summed E-state index contributed by atoms with van der Waals surface area (Å²) in [6, 6.07) is 70.0. The van der Waals surface area contributed by atoms with Gasteiger partial charge >= 0.3 is 0 Å². The largest absolute Gasteiger partial charge is 0.310 e. The van der Waals surface area contributed by atoms with Crippen LogP contribution in [0.15, 0.2) is 188 Å². The molecule has 0 fully saturated rings. The molecule has 1 heterocycles. The van der Waals surface area contributed by atoms with E-state index < -0.39 is 5.41 Å². The first-order valence-electron chi connectivity index (χ1n) is 19.4. The highest BCUT2D eigenvalue weighted by Crippen LogP contribution is 2.63. The molecule has 0 N–H and O–H groups in total. The van der Waals surface area contributed by atoms with E-state index in [1.54, 1.807) is 0 Å². The van der Waals surface area contributed by atoms with Crippen molar-refractivity contribution in [2.45, 2.75) is 31.6 Å². The van der Waals surface area contributed by atoms with Crippen molar-refractivity contribution in [3.05, 3.63) is 216 Å². The van der Waals surface area contributed by atoms with Crippen molar-refractivity contribution in [3.63, 3.8) is 0 Å². The van der Waals surface area contributed by atoms with Crippen LogP contribution < -0.4 is 4.90 Å². The Morgan fingerprint density at radius 1 is 0.400 bits per heavy atom. The topological polar surface area (TPSA) is 8.17 Å². The lowest BCUT2D eigenvalue weighted by atomic mass is 9.70. The minimum atomic E-state index is -0.409. The molecule has 0 unspecified atom stereocenters. The van der Waals surface area contributed by atoms with Crippen LogP contribution >= 0.6 is 0 Å². The summed E-state index contributed by atoms with van der Waals surface area (Å²) in [6.07, 6.45) is 0. The maximum absolute atomic E-state index is 2.48. The van der Waals surface area contributed by atoms with E-state index in [0.717, 1.165) is 17.1 Å². The van der Waals surface area contributed by atoms with E-state index in [-0.39, 0.29) is 5.41 Å². The third-order valence-corrected chi connectivity index (χ3v) is 12.1. The summed E-state index contributed by atoms with van der Waals surface area (Å²) in [5.74, 6) is 0. The van der Waals surface area contributed by atoms with Crippen LogP contribution in [-0.2, 0) is 10.8 Å². The fraction of sp³-hybridized carbons (Fsp3) is 0.0943. The van der Waals surface area contributed by atoms with Gasteiger partial charge in [0.25, 0.3) is 0 Å². The van der Waals surface area contributed by atoms with Crippen molar-refractivity contribution in [1.82, 2.24) is 4.57 Å². The molecule has 0 saturated carbocycles. The van der Waals surface area contributed by atoms with Crippen molar-refractivity contribution >= 4 is 38.9 Å². The van der Waals surface area contributed by atoms with Crippen LogP contribution in [0.1, 0.15) is 48.6 Å². The summed E-state index contributed by atoms with van der Waals surface area (Å²) in [7, 11) is 0. The molecule has 0 radical (unpaired) electrons. The van der Waals surface area contributed by atoms with Crippen LogP contribution in [-0.4, -0.2) is 4.57 Å². The van der Waals surface area contributed by atoms with Crippen LogP contribution in [0.3, 0.4) is 0 Å². The van der Waals surface area contributed by atoms with Gasteiger partial charge in [0, 0.05) is 33.5 Å². The lowest BCUT2D eigenvalue weighted by molar-refractivity contribution is 0.591. The molecule has 9 aromatic rings. The standard InChI is InChI=1S/C53H40N2/c1-52(2,3)35-26-30-50-44(32-35)45-33-38(28-31-51(45)55(50)37-18-8-5-9-19-37)54(36-16-6-4-7-17-36)39-27-29-43-42-22-12-15-25-48(42)53(49(43)34-39)46-23-13-10-20-40(46)41-21-11-14-24-47(41)53/h4-34H,1-3H3. The van der Waals surface area contributed by atoms with E-state index >= 15 is 0 Å². The molecule has 0 amide bonds. The Hall–Kier alpha value is -6.64. The monoisotopic (exact) mass is 704 g/mol. The summed E-state index contributed by atoms with van der Waals surface area (Å²) in [4.78, 5) is 2.45. The van der Waals surface area contributed by atoms with Gasteiger partial charge in [0.05, 0.1) is 16.4 Å². The Labute approximate surface area is 322 Å². The molecule has 2 aliphatic carbocycles. The van der Waals surface area contributed by atoms with Crippen LogP contribution in [0.25, 0.3) is 49.7 Å². The molecule has 0 aliphatic heterocycles. The molecule has 2 nitrogen and oxygen atoms in total. The smallest absolute Gasteiger partial charge is 0.0726 e. The van der Waals surface area contributed by atoms with Gasteiger partial charge in [0.15, 0.2) is 0 Å². The van der Waals surface area contributed by atoms with Gasteiger partial charge in [-0.1, -0.05) is 142 Å². The zero-order valence-electron chi connectivity index (χ0n) is 31.3. The minimum Gasteiger partial charge on any atom is -0.310 e. The Morgan fingerprint density at radius 3 is 1.47 bits per heavy atom. The molecule has 11 rings (SSSR count). The fourth-order valence-corrected chi connectivity index (χ4v) is 9.72. The maximum Gasteiger partial charge on any atom is 0.0726 e. The molecule has 55 heavy (non-hydrogen) atoms. The molecule has 0 bridgehead atoms. The minimum absolute atomic E-state index is 0.0263. The van der Waals surface area contributed by atoms with Crippen molar-refractivity contribution in [2.24, 2.45) is 0 Å². The Bertz CT molecular complexity index is 2900. The third kappa shape index (κ3) is 4.49. The van der Waals surface area contributed by atoms with Crippen LogP contribution in [0.5, 0.6) is 0 Å². The van der Waals surface area contributed by atoms with Crippen molar-refractivity contribution in [3.8, 4) is 27.9 Å². The summed E-state index contributed by atoms with van der Waals surface area (Å²) >= 11 is 0. The number of anilines is 3. The normalized spacial score (nSPS) is 13.5. The SMILES string of the molecule is CC(C)(C)c1ccc2c(c1)c1cc(N(c3ccccc3)c3ccc4c(c3)C3(c5ccccc5-c5ccccc53)c3ccccc3-4)ccc1n2-c1ccccc1. The lowest BCUT2D eigenvalue weighted by Gasteiger charge is -2.32. The predicted molar refractivity (Wildman–Crippen MR) is 230 cm³/mol. The number of hydrogen-bond donors (Lipinski definition) is 0. The average Bonchev–Trinajstić information content (AvgIpc) is 3.82. The highest BCUT2D eigenvalue weighted by molar-refractivity contribution is 6.11. The second-order valence-corrected chi connectivity index (χ2v) is 16.1. The number of nitrogens with zero attached hydrogens (tertiary/aromatic N) is 2. The number of rotatable bonds is 4. The zero-order chi connectivity index (χ0) is 36.9. The van der Waals surface area contributed by atoms with E-state index in [9.17, 15) is 0 Å². The summed E-state index contributed by atoms with van der Waals surface area (Å²) in [5.41, 5.74) is 18.6. The predicted octanol–water partition coefficient (Wildman–Crippen LogP) is 13.9. The number of benzene rings is 8. The molecular formula is C53H40N2. The molecule has 0 atom stereocenters. The fourth-order valence-electron chi connectivity index (χ4n) is 9.72. The first-order chi connectivity index (χ1) is 26.9. The second-order valence-electron chi connectivity index (χ2n) is 16.1. The third-order valence-electron chi connectivity index (χ3n) is 12.1. The van der Waals surface area contributed by atoms with Gasteiger partial charge in [0.1, 0.15) is 0 Å². The molecule has 8 aromatic carbocycles. The molecule has 0 saturated heterocycles.